The summed E-state index contributed by atoms with van der Waals surface area (Å²) in [6.45, 7) is 5.46. The quantitative estimate of drug-likeness (QED) is 0.769. The maximum absolute atomic E-state index is 13.5. The fourth-order valence-electron chi connectivity index (χ4n) is 4.00. The SMILES string of the molecule is CC(=O)N1c2ccc(S(=O)(=O)N3c4ccccc4SCC3C)cc2CC1C. The number of nitrogens with zero attached hydrogens (tertiary/aromatic N) is 2. The normalized spacial score (nSPS) is 21.7. The highest BCUT2D eigenvalue weighted by molar-refractivity contribution is 8.00. The number of carbonyl (C=O) groups excluding carboxylic acids is 1. The van der Waals surface area contributed by atoms with Crippen LogP contribution in [0.2, 0.25) is 0 Å². The molecule has 2 aromatic carbocycles. The average Bonchev–Trinajstić information content (AvgIpc) is 2.96. The zero-order valence-corrected chi connectivity index (χ0v) is 17.2. The van der Waals surface area contributed by atoms with Crippen LogP contribution in [0, 0.1) is 0 Å². The molecule has 0 N–H and O–H groups in total. The van der Waals surface area contributed by atoms with E-state index in [-0.39, 0.29) is 22.9 Å². The second-order valence-electron chi connectivity index (χ2n) is 7.16. The molecular formula is C20H22N2O3S2. The van der Waals surface area contributed by atoms with Crippen molar-refractivity contribution in [3.05, 3.63) is 48.0 Å². The highest BCUT2D eigenvalue weighted by Crippen LogP contribution is 2.41. The van der Waals surface area contributed by atoms with E-state index in [9.17, 15) is 13.2 Å². The molecule has 0 fully saturated rings. The Morgan fingerprint density at radius 1 is 1.07 bits per heavy atom. The molecule has 7 heteroatoms. The third-order valence-electron chi connectivity index (χ3n) is 5.15. The summed E-state index contributed by atoms with van der Waals surface area (Å²) in [5.74, 6) is 0.698. The smallest absolute Gasteiger partial charge is 0.264 e. The molecular weight excluding hydrogens is 380 g/mol. The molecule has 0 aliphatic carbocycles. The number of anilines is 2. The lowest BCUT2D eigenvalue weighted by molar-refractivity contribution is -0.116. The Hall–Kier alpha value is -1.99. The number of hydrogen-bond acceptors (Lipinski definition) is 4. The monoisotopic (exact) mass is 402 g/mol. The minimum Gasteiger partial charge on any atom is -0.309 e. The van der Waals surface area contributed by atoms with Crippen LogP contribution in [0.4, 0.5) is 11.4 Å². The standard InChI is InChI=1S/C20H22N2O3S2/c1-13-10-16-11-17(8-9-18(16)21(13)15(3)23)27(24,25)22-14(2)12-26-20-7-5-4-6-19(20)22/h4-9,11,13-14H,10,12H2,1-3H3. The Labute approximate surface area is 164 Å². The molecule has 142 valence electrons. The second kappa shape index (κ2) is 6.56. The lowest BCUT2D eigenvalue weighted by atomic mass is 10.1. The molecule has 27 heavy (non-hydrogen) atoms. The van der Waals surface area contributed by atoms with E-state index in [0.29, 0.717) is 6.42 Å². The molecule has 0 saturated heterocycles. The molecule has 4 rings (SSSR count). The van der Waals surface area contributed by atoms with Gasteiger partial charge in [-0.25, -0.2) is 8.42 Å². The summed E-state index contributed by atoms with van der Waals surface area (Å²) in [7, 11) is -3.68. The highest BCUT2D eigenvalue weighted by atomic mass is 32.2. The van der Waals surface area contributed by atoms with Gasteiger partial charge in [0.15, 0.2) is 0 Å². The lowest BCUT2D eigenvalue weighted by Gasteiger charge is -2.35. The van der Waals surface area contributed by atoms with Gasteiger partial charge in [0.1, 0.15) is 0 Å². The molecule has 2 heterocycles. The Bertz CT molecular complexity index is 1020. The first-order valence-corrected chi connectivity index (χ1v) is 11.4. The van der Waals surface area contributed by atoms with Gasteiger partial charge in [-0.05, 0) is 56.2 Å². The van der Waals surface area contributed by atoms with Crippen LogP contribution in [0.1, 0.15) is 26.3 Å². The van der Waals surface area contributed by atoms with Gasteiger partial charge < -0.3 is 4.90 Å². The van der Waals surface area contributed by atoms with E-state index in [0.717, 1.165) is 27.6 Å². The van der Waals surface area contributed by atoms with Gasteiger partial charge in [0.05, 0.1) is 16.6 Å². The molecule has 2 unspecified atom stereocenters. The first kappa shape index (κ1) is 18.4. The van der Waals surface area contributed by atoms with E-state index in [2.05, 4.69) is 0 Å². The van der Waals surface area contributed by atoms with Gasteiger partial charge in [-0.1, -0.05) is 12.1 Å². The molecule has 2 aliphatic heterocycles. The molecule has 2 aromatic rings. The van der Waals surface area contributed by atoms with Crippen molar-refractivity contribution >= 4 is 39.1 Å². The van der Waals surface area contributed by atoms with Crippen molar-refractivity contribution in [2.24, 2.45) is 0 Å². The Morgan fingerprint density at radius 2 is 1.81 bits per heavy atom. The van der Waals surface area contributed by atoms with Gasteiger partial charge in [-0.2, -0.15) is 0 Å². The minimum absolute atomic E-state index is 0.0209. The van der Waals surface area contributed by atoms with Gasteiger partial charge in [0, 0.05) is 29.3 Å². The first-order chi connectivity index (χ1) is 12.8. The average molecular weight is 403 g/mol. The molecule has 2 aliphatic rings. The van der Waals surface area contributed by atoms with E-state index in [1.165, 1.54) is 0 Å². The number of benzene rings is 2. The number of amides is 1. The van der Waals surface area contributed by atoms with Crippen LogP contribution in [-0.2, 0) is 21.2 Å². The van der Waals surface area contributed by atoms with Crippen LogP contribution < -0.4 is 9.21 Å². The fourth-order valence-corrected chi connectivity index (χ4v) is 6.94. The summed E-state index contributed by atoms with van der Waals surface area (Å²) in [6, 6.07) is 12.7. The maximum atomic E-state index is 13.5. The van der Waals surface area contributed by atoms with Gasteiger partial charge in [-0.15, -0.1) is 11.8 Å². The van der Waals surface area contributed by atoms with Crippen molar-refractivity contribution in [1.29, 1.82) is 0 Å². The van der Waals surface area contributed by atoms with Crippen LogP contribution in [-0.4, -0.2) is 32.2 Å². The van der Waals surface area contributed by atoms with Crippen molar-refractivity contribution < 1.29 is 13.2 Å². The van der Waals surface area contributed by atoms with Crippen molar-refractivity contribution in [2.45, 2.75) is 49.1 Å². The predicted octanol–water partition coefficient (Wildman–Crippen LogP) is 3.67. The predicted molar refractivity (Wildman–Crippen MR) is 109 cm³/mol. The van der Waals surface area contributed by atoms with Crippen molar-refractivity contribution in [3.8, 4) is 0 Å². The highest BCUT2D eigenvalue weighted by Gasteiger charge is 2.36. The van der Waals surface area contributed by atoms with E-state index < -0.39 is 10.0 Å². The minimum atomic E-state index is -3.68. The number of sulfonamides is 1. The topological polar surface area (TPSA) is 57.7 Å². The van der Waals surface area contributed by atoms with Crippen molar-refractivity contribution in [2.75, 3.05) is 15.0 Å². The summed E-state index contributed by atoms with van der Waals surface area (Å²) >= 11 is 1.69. The van der Waals surface area contributed by atoms with Crippen LogP contribution >= 0.6 is 11.8 Å². The first-order valence-electron chi connectivity index (χ1n) is 8.99. The Balaban J connectivity index is 1.78. The molecule has 2 atom stereocenters. The zero-order valence-electron chi connectivity index (χ0n) is 15.5. The maximum Gasteiger partial charge on any atom is 0.264 e. The summed E-state index contributed by atoms with van der Waals surface area (Å²) in [5.41, 5.74) is 2.46. The number of rotatable bonds is 2. The summed E-state index contributed by atoms with van der Waals surface area (Å²) in [6.07, 6.45) is 0.667. The molecule has 0 bridgehead atoms. The molecule has 1 amide bonds. The van der Waals surface area contributed by atoms with E-state index in [4.69, 9.17) is 0 Å². The summed E-state index contributed by atoms with van der Waals surface area (Å²) in [4.78, 5) is 14.9. The molecule has 0 aromatic heterocycles. The zero-order chi connectivity index (χ0) is 19.3. The summed E-state index contributed by atoms with van der Waals surface area (Å²) < 4.78 is 28.5. The van der Waals surface area contributed by atoms with Crippen molar-refractivity contribution in [1.82, 2.24) is 0 Å². The second-order valence-corrected chi connectivity index (χ2v) is 10.0. The third kappa shape index (κ3) is 2.93. The van der Waals surface area contributed by atoms with Crippen molar-refractivity contribution in [3.63, 3.8) is 0 Å². The fraction of sp³-hybridized carbons (Fsp3) is 0.350. The number of para-hydroxylation sites is 1. The Kier molecular flexibility index (Phi) is 4.47. The van der Waals surface area contributed by atoms with Crippen LogP contribution in [0.15, 0.2) is 52.3 Å². The molecule has 5 nitrogen and oxygen atoms in total. The lowest BCUT2D eigenvalue weighted by Crippen LogP contribution is -2.42. The van der Waals surface area contributed by atoms with Gasteiger partial charge >= 0.3 is 0 Å². The van der Waals surface area contributed by atoms with Crippen LogP contribution in [0.5, 0.6) is 0 Å². The number of thioether (sulfide) groups is 1. The molecule has 0 saturated carbocycles. The molecule has 0 spiro atoms. The largest absolute Gasteiger partial charge is 0.309 e. The number of fused-ring (bicyclic) bond motifs is 2. The van der Waals surface area contributed by atoms with Gasteiger partial charge in [-0.3, -0.25) is 9.10 Å². The van der Waals surface area contributed by atoms with E-state index >= 15 is 0 Å². The number of carbonyl (C=O) groups is 1. The van der Waals surface area contributed by atoms with E-state index in [1.54, 1.807) is 46.1 Å². The Morgan fingerprint density at radius 3 is 2.56 bits per heavy atom. The van der Waals surface area contributed by atoms with Crippen LogP contribution in [0.3, 0.4) is 0 Å². The van der Waals surface area contributed by atoms with Gasteiger partial charge in [0.2, 0.25) is 5.91 Å². The third-order valence-corrected chi connectivity index (χ3v) is 8.38. The number of hydrogen-bond donors (Lipinski definition) is 0. The van der Waals surface area contributed by atoms with Gasteiger partial charge in [0.25, 0.3) is 10.0 Å². The summed E-state index contributed by atoms with van der Waals surface area (Å²) in [5, 5.41) is 0. The van der Waals surface area contributed by atoms with Crippen LogP contribution in [0.25, 0.3) is 0 Å². The molecule has 0 radical (unpaired) electrons. The van der Waals surface area contributed by atoms with E-state index in [1.807, 2.05) is 38.1 Å².